The first-order valence-corrected chi connectivity index (χ1v) is 10.3. The molecule has 0 fully saturated rings. The first kappa shape index (κ1) is 21.6. The highest BCUT2D eigenvalue weighted by atomic mass is 32.2. The summed E-state index contributed by atoms with van der Waals surface area (Å²) in [5, 5.41) is 2.78. The van der Waals surface area contributed by atoms with E-state index >= 15 is 0 Å². The third-order valence-electron chi connectivity index (χ3n) is 4.10. The summed E-state index contributed by atoms with van der Waals surface area (Å²) in [6, 6.07) is 15.3. The summed E-state index contributed by atoms with van der Waals surface area (Å²) in [6.07, 6.45) is 1.59. The summed E-state index contributed by atoms with van der Waals surface area (Å²) in [5.74, 6) is -1.17. The van der Waals surface area contributed by atoms with Gasteiger partial charge in [0.2, 0.25) is 10.0 Å². The number of carbonyl (C=O) groups excluding carboxylic acids is 2. The van der Waals surface area contributed by atoms with E-state index in [-0.39, 0.29) is 16.5 Å². The summed E-state index contributed by atoms with van der Waals surface area (Å²) in [4.78, 5) is 24.0. The molecule has 0 heterocycles. The second-order valence-electron chi connectivity index (χ2n) is 6.30. The van der Waals surface area contributed by atoms with E-state index < -0.39 is 28.5 Å². The molecule has 0 aliphatic carbocycles. The average Bonchev–Trinajstić information content (AvgIpc) is 2.71. The van der Waals surface area contributed by atoms with Crippen LogP contribution in [0.25, 0.3) is 0 Å². The topological polar surface area (TPSA) is 102 Å². The van der Waals surface area contributed by atoms with Crippen molar-refractivity contribution in [1.82, 2.24) is 10.0 Å². The maximum Gasteiger partial charge on any atom is 0.338 e. The highest BCUT2D eigenvalue weighted by Gasteiger charge is 2.16. The van der Waals surface area contributed by atoms with Crippen LogP contribution in [0.5, 0.6) is 0 Å². The number of hydrogen-bond donors (Lipinski definition) is 2. The third-order valence-corrected chi connectivity index (χ3v) is 5.51. The second kappa shape index (κ2) is 10.0. The van der Waals surface area contributed by atoms with Gasteiger partial charge in [0, 0.05) is 6.04 Å². The molecule has 0 radical (unpaired) electrons. The second-order valence-corrected chi connectivity index (χ2v) is 8.19. The largest absolute Gasteiger partial charge is 0.452 e. The Hall–Kier alpha value is -2.71. The van der Waals surface area contributed by atoms with Gasteiger partial charge in [-0.25, -0.2) is 17.9 Å². The Bertz CT molecular complexity index is 913. The van der Waals surface area contributed by atoms with E-state index in [1.54, 1.807) is 0 Å². The van der Waals surface area contributed by atoms with Gasteiger partial charge in [-0.15, -0.1) is 0 Å². The Morgan fingerprint density at radius 1 is 1.07 bits per heavy atom. The third kappa shape index (κ3) is 6.47. The molecular formula is C20H24N2O5S. The summed E-state index contributed by atoms with van der Waals surface area (Å²) in [6.45, 7) is 1.45. The molecule has 0 aliphatic heterocycles. The number of nitrogens with one attached hydrogen (secondary N) is 2. The van der Waals surface area contributed by atoms with E-state index in [1.807, 2.05) is 37.3 Å². The number of sulfonamides is 1. The van der Waals surface area contributed by atoms with Gasteiger partial charge in [0.15, 0.2) is 6.61 Å². The van der Waals surface area contributed by atoms with Crippen molar-refractivity contribution in [1.29, 1.82) is 0 Å². The number of hydrogen-bond acceptors (Lipinski definition) is 5. The van der Waals surface area contributed by atoms with Crippen LogP contribution in [-0.2, 0) is 26.0 Å². The quantitative estimate of drug-likeness (QED) is 0.622. The minimum Gasteiger partial charge on any atom is -0.452 e. The van der Waals surface area contributed by atoms with Crippen molar-refractivity contribution in [3.05, 3.63) is 65.7 Å². The zero-order valence-corrected chi connectivity index (χ0v) is 16.7. The van der Waals surface area contributed by atoms with Gasteiger partial charge in [0.1, 0.15) is 0 Å². The molecule has 0 spiro atoms. The van der Waals surface area contributed by atoms with E-state index in [2.05, 4.69) is 10.0 Å². The number of esters is 1. The van der Waals surface area contributed by atoms with Crippen molar-refractivity contribution in [3.8, 4) is 0 Å². The van der Waals surface area contributed by atoms with Crippen LogP contribution < -0.4 is 10.0 Å². The van der Waals surface area contributed by atoms with Gasteiger partial charge >= 0.3 is 5.97 Å². The molecule has 2 aromatic rings. The van der Waals surface area contributed by atoms with Crippen LogP contribution in [0.15, 0.2) is 59.5 Å². The number of amides is 1. The van der Waals surface area contributed by atoms with Crippen molar-refractivity contribution in [2.75, 3.05) is 13.7 Å². The minimum atomic E-state index is -3.67. The monoisotopic (exact) mass is 404 g/mol. The van der Waals surface area contributed by atoms with Crippen molar-refractivity contribution in [2.24, 2.45) is 0 Å². The molecule has 0 unspecified atom stereocenters. The number of carbonyl (C=O) groups is 2. The fourth-order valence-electron chi connectivity index (χ4n) is 2.54. The lowest BCUT2D eigenvalue weighted by Gasteiger charge is -2.14. The zero-order chi connectivity index (χ0) is 20.6. The zero-order valence-electron chi connectivity index (χ0n) is 15.8. The van der Waals surface area contributed by atoms with E-state index in [0.717, 1.165) is 12.8 Å². The summed E-state index contributed by atoms with van der Waals surface area (Å²) < 4.78 is 30.8. The van der Waals surface area contributed by atoms with Gasteiger partial charge in [-0.05, 0) is 50.6 Å². The van der Waals surface area contributed by atoms with E-state index in [4.69, 9.17) is 4.74 Å². The van der Waals surface area contributed by atoms with Crippen molar-refractivity contribution in [3.63, 3.8) is 0 Å². The van der Waals surface area contributed by atoms with Crippen LogP contribution in [-0.4, -0.2) is 40.0 Å². The van der Waals surface area contributed by atoms with Gasteiger partial charge < -0.3 is 10.1 Å². The van der Waals surface area contributed by atoms with Gasteiger partial charge in [-0.1, -0.05) is 36.4 Å². The minimum absolute atomic E-state index is 0.0524. The lowest BCUT2D eigenvalue weighted by Crippen LogP contribution is -2.36. The standard InChI is InChI=1S/C20H24N2O5S/c1-15(11-12-16-7-4-3-5-8-16)22-19(23)14-27-20(24)17-9-6-10-18(13-17)28(25,26)21-2/h3-10,13,15,21H,11-12,14H2,1-2H3,(H,22,23)/t15-/m0/s1. The maximum atomic E-state index is 12.1. The van der Waals surface area contributed by atoms with Crippen LogP contribution in [0.1, 0.15) is 29.3 Å². The molecule has 1 atom stereocenters. The first-order chi connectivity index (χ1) is 13.3. The van der Waals surface area contributed by atoms with Gasteiger partial charge in [0.05, 0.1) is 10.5 Å². The molecule has 8 heteroatoms. The van der Waals surface area contributed by atoms with Gasteiger partial charge in [-0.2, -0.15) is 0 Å². The number of rotatable bonds is 9. The molecule has 7 nitrogen and oxygen atoms in total. The number of aryl methyl sites for hydroxylation is 1. The van der Waals surface area contributed by atoms with Crippen LogP contribution in [0.2, 0.25) is 0 Å². The molecule has 28 heavy (non-hydrogen) atoms. The highest BCUT2D eigenvalue weighted by molar-refractivity contribution is 7.89. The Kier molecular flexibility index (Phi) is 7.71. The van der Waals surface area contributed by atoms with Crippen LogP contribution in [0.3, 0.4) is 0 Å². The van der Waals surface area contributed by atoms with Crippen molar-refractivity contribution in [2.45, 2.75) is 30.7 Å². The molecular weight excluding hydrogens is 380 g/mol. The SMILES string of the molecule is CNS(=O)(=O)c1cccc(C(=O)OCC(=O)N[C@@H](C)CCc2ccccc2)c1. The Balaban J connectivity index is 1.82. The van der Waals surface area contributed by atoms with Crippen molar-refractivity contribution >= 4 is 21.9 Å². The van der Waals surface area contributed by atoms with Crippen molar-refractivity contribution < 1.29 is 22.7 Å². The Morgan fingerprint density at radius 3 is 2.46 bits per heavy atom. The first-order valence-electron chi connectivity index (χ1n) is 8.86. The predicted octanol–water partition coefficient (Wildman–Crippen LogP) is 1.89. The maximum absolute atomic E-state index is 12.1. The lowest BCUT2D eigenvalue weighted by molar-refractivity contribution is -0.124. The predicted molar refractivity (Wildman–Crippen MR) is 105 cm³/mol. The molecule has 0 saturated heterocycles. The molecule has 0 aromatic heterocycles. The molecule has 2 N–H and O–H groups in total. The van der Waals surface area contributed by atoms with Crippen LogP contribution in [0.4, 0.5) is 0 Å². The fraction of sp³-hybridized carbons (Fsp3) is 0.300. The molecule has 0 aliphatic rings. The van der Waals surface area contributed by atoms with Crippen LogP contribution in [0, 0.1) is 0 Å². The van der Waals surface area contributed by atoms with E-state index in [0.29, 0.717) is 0 Å². The number of benzene rings is 2. The van der Waals surface area contributed by atoms with E-state index in [9.17, 15) is 18.0 Å². The molecule has 150 valence electrons. The average molecular weight is 404 g/mol. The summed E-state index contributed by atoms with van der Waals surface area (Å²) >= 11 is 0. The summed E-state index contributed by atoms with van der Waals surface area (Å²) in [7, 11) is -2.39. The Morgan fingerprint density at radius 2 is 1.79 bits per heavy atom. The highest BCUT2D eigenvalue weighted by Crippen LogP contribution is 2.12. The summed E-state index contributed by atoms with van der Waals surface area (Å²) in [5.41, 5.74) is 1.24. The molecule has 2 aromatic carbocycles. The normalized spacial score (nSPS) is 12.2. The Labute approximate surface area is 165 Å². The van der Waals surface area contributed by atoms with Crippen LogP contribution >= 0.6 is 0 Å². The molecule has 0 saturated carbocycles. The van der Waals surface area contributed by atoms with Gasteiger partial charge in [-0.3, -0.25) is 4.79 Å². The van der Waals surface area contributed by atoms with Gasteiger partial charge in [0.25, 0.3) is 5.91 Å². The smallest absolute Gasteiger partial charge is 0.338 e. The molecule has 1 amide bonds. The lowest BCUT2D eigenvalue weighted by atomic mass is 10.1. The fourth-order valence-corrected chi connectivity index (χ4v) is 3.31. The molecule has 2 rings (SSSR count). The number of ether oxygens (including phenoxy) is 1. The molecule has 0 bridgehead atoms. The van der Waals surface area contributed by atoms with E-state index in [1.165, 1.54) is 36.9 Å².